The fourth-order valence-corrected chi connectivity index (χ4v) is 2.03. The molecule has 0 saturated carbocycles. The minimum atomic E-state index is -0.388. The van der Waals surface area contributed by atoms with Gasteiger partial charge in [-0.15, -0.1) is 0 Å². The highest BCUT2D eigenvalue weighted by Gasteiger charge is 2.16. The molecule has 0 unspecified atom stereocenters. The highest BCUT2D eigenvalue weighted by molar-refractivity contribution is 6.34. The third-order valence-corrected chi connectivity index (χ3v) is 3.08. The fourth-order valence-electron chi connectivity index (χ4n) is 1.82. The second-order valence-electron chi connectivity index (χ2n) is 4.41. The highest BCUT2D eigenvalue weighted by atomic mass is 35.5. The summed E-state index contributed by atoms with van der Waals surface area (Å²) in [6.45, 7) is 1.37. The topological polar surface area (TPSA) is 80.3 Å². The van der Waals surface area contributed by atoms with E-state index in [-0.39, 0.29) is 22.4 Å². The number of hydrogen-bond acceptors (Lipinski definition) is 4. The van der Waals surface area contributed by atoms with Gasteiger partial charge in [0, 0.05) is 19.2 Å². The molecule has 0 atom stereocenters. The molecule has 0 saturated heterocycles. The minimum Gasteiger partial charge on any atom is -0.496 e. The highest BCUT2D eigenvalue weighted by Crippen LogP contribution is 2.31. The molecule has 7 heteroatoms. The van der Waals surface area contributed by atoms with Crippen molar-refractivity contribution in [2.45, 2.75) is 6.92 Å². The van der Waals surface area contributed by atoms with Crippen LogP contribution < -0.4 is 15.4 Å². The van der Waals surface area contributed by atoms with E-state index in [1.807, 2.05) is 0 Å². The third kappa shape index (κ3) is 3.73. The molecule has 0 aliphatic carbocycles. The van der Waals surface area contributed by atoms with Gasteiger partial charge in [0.15, 0.2) is 0 Å². The molecule has 0 spiro atoms. The van der Waals surface area contributed by atoms with Crippen LogP contribution in [0.3, 0.4) is 0 Å². The predicted octanol–water partition coefficient (Wildman–Crippen LogP) is 2.95. The van der Waals surface area contributed by atoms with Crippen molar-refractivity contribution in [3.63, 3.8) is 0 Å². The van der Waals surface area contributed by atoms with E-state index in [1.165, 1.54) is 32.4 Å². The van der Waals surface area contributed by atoms with E-state index in [9.17, 15) is 9.59 Å². The molecule has 2 N–H and O–H groups in total. The summed E-state index contributed by atoms with van der Waals surface area (Å²) in [7, 11) is 1.43. The van der Waals surface area contributed by atoms with Gasteiger partial charge in [0.05, 0.1) is 35.3 Å². The second-order valence-corrected chi connectivity index (χ2v) is 4.82. The van der Waals surface area contributed by atoms with Crippen molar-refractivity contribution in [2.24, 2.45) is 0 Å². The lowest BCUT2D eigenvalue weighted by molar-refractivity contribution is -0.114. The Kier molecular flexibility index (Phi) is 4.95. The van der Waals surface area contributed by atoms with E-state index in [2.05, 4.69) is 15.6 Å². The van der Waals surface area contributed by atoms with Gasteiger partial charge in [-0.25, -0.2) is 0 Å². The average Bonchev–Trinajstić information content (AvgIpc) is 2.49. The molecule has 114 valence electrons. The molecular weight excluding hydrogens is 306 g/mol. The fraction of sp³-hybridized carbons (Fsp3) is 0.133. The van der Waals surface area contributed by atoms with Gasteiger partial charge in [-0.2, -0.15) is 0 Å². The van der Waals surface area contributed by atoms with E-state index in [1.54, 1.807) is 18.3 Å². The molecule has 1 heterocycles. The Morgan fingerprint density at radius 2 is 2.05 bits per heavy atom. The summed E-state index contributed by atoms with van der Waals surface area (Å²) in [4.78, 5) is 27.4. The van der Waals surface area contributed by atoms with Crippen molar-refractivity contribution in [1.29, 1.82) is 0 Å². The van der Waals surface area contributed by atoms with Crippen LogP contribution in [0.2, 0.25) is 5.02 Å². The van der Waals surface area contributed by atoms with Crippen LogP contribution in [0.25, 0.3) is 0 Å². The normalized spacial score (nSPS) is 9.95. The summed E-state index contributed by atoms with van der Waals surface area (Å²) in [5.41, 5.74) is 1.19. The van der Waals surface area contributed by atoms with E-state index in [4.69, 9.17) is 16.3 Å². The molecule has 22 heavy (non-hydrogen) atoms. The van der Waals surface area contributed by atoms with Crippen molar-refractivity contribution < 1.29 is 14.3 Å². The van der Waals surface area contributed by atoms with Gasteiger partial charge in [-0.1, -0.05) is 11.6 Å². The molecule has 0 fully saturated rings. The van der Waals surface area contributed by atoms with Crippen molar-refractivity contribution in [3.05, 3.63) is 47.2 Å². The number of anilines is 2. The van der Waals surface area contributed by atoms with Crippen LogP contribution in [0.15, 0.2) is 36.7 Å². The van der Waals surface area contributed by atoms with E-state index in [0.717, 1.165) is 0 Å². The van der Waals surface area contributed by atoms with Crippen LogP contribution in [0.5, 0.6) is 5.75 Å². The standard InChI is InChI=1S/C15H14ClN3O3/c1-9(20)18-13-7-14(22-2)11(6-12(13)16)15(21)19-10-4-3-5-17-8-10/h3-8H,1-2H3,(H,18,20)(H,19,21). The maximum absolute atomic E-state index is 12.3. The van der Waals surface area contributed by atoms with Gasteiger partial charge in [-0.3, -0.25) is 14.6 Å². The number of methoxy groups -OCH3 is 1. The Morgan fingerprint density at radius 3 is 2.64 bits per heavy atom. The number of carbonyl (C=O) groups excluding carboxylic acids is 2. The number of rotatable bonds is 4. The lowest BCUT2D eigenvalue weighted by Gasteiger charge is -2.13. The molecule has 0 aliphatic rings. The molecule has 1 aromatic heterocycles. The first-order valence-electron chi connectivity index (χ1n) is 6.37. The first kappa shape index (κ1) is 15.8. The third-order valence-electron chi connectivity index (χ3n) is 2.76. The largest absolute Gasteiger partial charge is 0.496 e. The Labute approximate surface area is 132 Å². The van der Waals surface area contributed by atoms with Crippen molar-refractivity contribution >= 4 is 34.8 Å². The molecule has 0 radical (unpaired) electrons. The monoisotopic (exact) mass is 319 g/mol. The van der Waals surface area contributed by atoms with Gasteiger partial charge < -0.3 is 15.4 Å². The van der Waals surface area contributed by atoms with Gasteiger partial charge in [0.25, 0.3) is 5.91 Å². The predicted molar refractivity (Wildman–Crippen MR) is 84.5 cm³/mol. The smallest absolute Gasteiger partial charge is 0.259 e. The Bertz CT molecular complexity index is 705. The number of pyridine rings is 1. The maximum Gasteiger partial charge on any atom is 0.259 e. The summed E-state index contributed by atoms with van der Waals surface area (Å²) in [5.74, 6) is -0.354. The van der Waals surface area contributed by atoms with E-state index in [0.29, 0.717) is 17.1 Å². The van der Waals surface area contributed by atoms with Crippen LogP contribution in [-0.4, -0.2) is 23.9 Å². The SMILES string of the molecule is COc1cc(NC(C)=O)c(Cl)cc1C(=O)Nc1cccnc1. The Hall–Kier alpha value is -2.60. The lowest BCUT2D eigenvalue weighted by atomic mass is 10.1. The molecule has 0 aliphatic heterocycles. The van der Waals surface area contributed by atoms with E-state index >= 15 is 0 Å². The number of carbonyl (C=O) groups is 2. The van der Waals surface area contributed by atoms with Crippen LogP contribution in [-0.2, 0) is 4.79 Å². The number of hydrogen-bond donors (Lipinski definition) is 2. The quantitative estimate of drug-likeness (QED) is 0.908. The van der Waals surface area contributed by atoms with Crippen LogP contribution in [0, 0.1) is 0 Å². The van der Waals surface area contributed by atoms with Gasteiger partial charge in [0.1, 0.15) is 5.75 Å². The van der Waals surface area contributed by atoms with Gasteiger partial charge >= 0.3 is 0 Å². The molecule has 0 bridgehead atoms. The molecule has 1 aromatic carbocycles. The van der Waals surface area contributed by atoms with Crippen molar-refractivity contribution in [3.8, 4) is 5.75 Å². The van der Waals surface area contributed by atoms with Crippen LogP contribution in [0.4, 0.5) is 11.4 Å². The number of nitrogens with one attached hydrogen (secondary N) is 2. The first-order valence-corrected chi connectivity index (χ1v) is 6.75. The maximum atomic E-state index is 12.3. The number of halogens is 1. The van der Waals surface area contributed by atoms with Gasteiger partial charge in [-0.05, 0) is 18.2 Å². The van der Waals surface area contributed by atoms with E-state index < -0.39 is 0 Å². The van der Waals surface area contributed by atoms with Crippen LogP contribution >= 0.6 is 11.6 Å². The molecule has 6 nitrogen and oxygen atoms in total. The number of aromatic nitrogens is 1. The number of ether oxygens (including phenoxy) is 1. The van der Waals surface area contributed by atoms with Crippen molar-refractivity contribution in [2.75, 3.05) is 17.7 Å². The zero-order chi connectivity index (χ0) is 16.1. The zero-order valence-corrected chi connectivity index (χ0v) is 12.8. The summed E-state index contributed by atoms with van der Waals surface area (Å²) < 4.78 is 5.20. The number of amides is 2. The number of nitrogens with zero attached hydrogens (tertiary/aromatic N) is 1. The summed E-state index contributed by atoms with van der Waals surface area (Å²) in [6, 6.07) is 6.36. The Balaban J connectivity index is 2.32. The van der Waals surface area contributed by atoms with Crippen molar-refractivity contribution in [1.82, 2.24) is 4.98 Å². The Morgan fingerprint density at radius 1 is 1.27 bits per heavy atom. The molecular formula is C15H14ClN3O3. The number of benzene rings is 1. The lowest BCUT2D eigenvalue weighted by Crippen LogP contribution is -2.14. The molecule has 2 aromatic rings. The minimum absolute atomic E-state index is 0.243. The average molecular weight is 320 g/mol. The van der Waals surface area contributed by atoms with Crippen LogP contribution in [0.1, 0.15) is 17.3 Å². The molecule has 2 amide bonds. The summed E-state index contributed by atoms with van der Waals surface area (Å²) in [5, 5.41) is 5.51. The first-order chi connectivity index (χ1) is 10.5. The van der Waals surface area contributed by atoms with Gasteiger partial charge in [0.2, 0.25) is 5.91 Å². The zero-order valence-electron chi connectivity index (χ0n) is 12.0. The second kappa shape index (κ2) is 6.91. The summed E-state index contributed by atoms with van der Waals surface area (Å²) in [6.07, 6.45) is 3.13. The summed E-state index contributed by atoms with van der Waals surface area (Å²) >= 11 is 6.09. The molecule has 2 rings (SSSR count).